The van der Waals surface area contributed by atoms with E-state index in [2.05, 4.69) is 15.5 Å². The number of halogens is 1. The first-order valence-electron chi connectivity index (χ1n) is 8.27. The Balaban J connectivity index is 1.73. The smallest absolute Gasteiger partial charge is 0.272 e. The van der Waals surface area contributed by atoms with Gasteiger partial charge >= 0.3 is 0 Å². The molecule has 3 rings (SSSR count). The van der Waals surface area contributed by atoms with Gasteiger partial charge in [0, 0.05) is 36.3 Å². The number of nitro benzene ring substituents is 1. The van der Waals surface area contributed by atoms with E-state index in [0.717, 1.165) is 15.9 Å². The Bertz CT molecular complexity index is 1200. The molecule has 0 saturated heterocycles. The fourth-order valence-electron chi connectivity index (χ4n) is 2.36. The molecular weight excluding hydrogens is 454 g/mol. The quantitative estimate of drug-likeness (QED) is 0.320. The van der Waals surface area contributed by atoms with E-state index >= 15 is 0 Å². The minimum absolute atomic E-state index is 0.0312. The largest absolute Gasteiger partial charge is 0.296 e. The van der Waals surface area contributed by atoms with Crippen LogP contribution in [-0.4, -0.2) is 40.8 Å². The molecule has 13 heteroatoms. The third-order valence-corrected chi connectivity index (χ3v) is 7.14. The number of nitrogens with one attached hydrogen (secondary N) is 1. The van der Waals surface area contributed by atoms with Crippen molar-refractivity contribution in [3.63, 3.8) is 0 Å². The van der Waals surface area contributed by atoms with E-state index in [9.17, 15) is 23.3 Å². The van der Waals surface area contributed by atoms with Crippen LogP contribution in [0.25, 0.3) is 0 Å². The lowest BCUT2D eigenvalue weighted by Crippen LogP contribution is -2.26. The molecule has 0 aliphatic rings. The number of amides is 1. The standard InChI is InChI=1S/C17H14ClN5O5S2/c1-22(10-11-5-7-13(18)8-6-11)30(27,28)17-21-20-16(29-17)19-15(24)12-3-2-4-14(9-12)23(25)26/h2-9H,10H2,1H3,(H,19,20,24). The number of sulfonamides is 1. The first-order chi connectivity index (χ1) is 14.2. The molecule has 0 fully saturated rings. The van der Waals surface area contributed by atoms with E-state index in [-0.39, 0.29) is 27.3 Å². The molecule has 30 heavy (non-hydrogen) atoms. The van der Waals surface area contributed by atoms with E-state index in [1.54, 1.807) is 24.3 Å². The molecule has 1 N–H and O–H groups in total. The van der Waals surface area contributed by atoms with Gasteiger partial charge in [-0.25, -0.2) is 8.42 Å². The summed E-state index contributed by atoms with van der Waals surface area (Å²) >= 11 is 6.51. The molecule has 0 spiro atoms. The number of benzene rings is 2. The third-order valence-electron chi connectivity index (χ3n) is 3.90. The molecule has 0 saturated carbocycles. The van der Waals surface area contributed by atoms with E-state index in [0.29, 0.717) is 16.4 Å². The molecule has 1 heterocycles. The molecule has 0 unspecified atom stereocenters. The summed E-state index contributed by atoms with van der Waals surface area (Å²) in [6.07, 6.45) is 0. The fraction of sp³-hybridized carbons (Fsp3) is 0.118. The number of carbonyl (C=O) groups is 1. The van der Waals surface area contributed by atoms with Crippen molar-refractivity contribution in [1.29, 1.82) is 0 Å². The van der Waals surface area contributed by atoms with Crippen molar-refractivity contribution in [2.45, 2.75) is 10.9 Å². The van der Waals surface area contributed by atoms with Crippen molar-refractivity contribution in [2.75, 3.05) is 12.4 Å². The van der Waals surface area contributed by atoms with Crippen molar-refractivity contribution in [3.05, 3.63) is 74.8 Å². The number of anilines is 1. The SMILES string of the molecule is CN(Cc1ccc(Cl)cc1)S(=O)(=O)c1nnc(NC(=O)c2cccc([N+](=O)[O-])c2)s1. The zero-order chi connectivity index (χ0) is 21.9. The Kier molecular flexibility index (Phi) is 6.41. The van der Waals surface area contributed by atoms with Crippen LogP contribution in [-0.2, 0) is 16.6 Å². The van der Waals surface area contributed by atoms with Crippen LogP contribution in [0, 0.1) is 10.1 Å². The van der Waals surface area contributed by atoms with Crippen molar-refractivity contribution in [1.82, 2.24) is 14.5 Å². The van der Waals surface area contributed by atoms with Crippen LogP contribution in [0.5, 0.6) is 0 Å². The molecule has 0 aliphatic heterocycles. The maximum atomic E-state index is 12.7. The van der Waals surface area contributed by atoms with Gasteiger partial charge in [-0.15, -0.1) is 10.2 Å². The van der Waals surface area contributed by atoms with Crippen LogP contribution >= 0.6 is 22.9 Å². The van der Waals surface area contributed by atoms with Crippen molar-refractivity contribution < 1.29 is 18.1 Å². The molecule has 0 atom stereocenters. The highest BCUT2D eigenvalue weighted by Gasteiger charge is 2.26. The Hall–Kier alpha value is -2.93. The first kappa shape index (κ1) is 21.8. The highest BCUT2D eigenvalue weighted by molar-refractivity contribution is 7.91. The number of aromatic nitrogens is 2. The molecule has 1 aromatic heterocycles. The van der Waals surface area contributed by atoms with Gasteiger partial charge in [-0.05, 0) is 23.8 Å². The normalized spacial score (nSPS) is 11.4. The topological polar surface area (TPSA) is 135 Å². The molecular formula is C17H14ClN5O5S2. The van der Waals surface area contributed by atoms with Gasteiger partial charge in [0.15, 0.2) is 0 Å². The lowest BCUT2D eigenvalue weighted by molar-refractivity contribution is -0.384. The van der Waals surface area contributed by atoms with Gasteiger partial charge in [0.25, 0.3) is 21.6 Å². The van der Waals surface area contributed by atoms with Gasteiger partial charge in [-0.2, -0.15) is 4.31 Å². The summed E-state index contributed by atoms with van der Waals surface area (Å²) in [5, 5.41) is 21.1. The van der Waals surface area contributed by atoms with Gasteiger partial charge < -0.3 is 0 Å². The summed E-state index contributed by atoms with van der Waals surface area (Å²) in [7, 11) is -2.54. The average Bonchev–Trinajstić information content (AvgIpc) is 3.19. The summed E-state index contributed by atoms with van der Waals surface area (Å²) in [5.74, 6) is -0.673. The minimum Gasteiger partial charge on any atom is -0.296 e. The van der Waals surface area contributed by atoms with Gasteiger partial charge in [0.2, 0.25) is 9.47 Å². The molecule has 10 nitrogen and oxygen atoms in total. The number of carbonyl (C=O) groups excluding carboxylic acids is 1. The molecule has 3 aromatic rings. The monoisotopic (exact) mass is 467 g/mol. The Labute approximate surface area is 180 Å². The van der Waals surface area contributed by atoms with Gasteiger partial charge in [0.1, 0.15) is 0 Å². The summed E-state index contributed by atoms with van der Waals surface area (Å²) in [5.41, 5.74) is 0.518. The number of non-ortho nitro benzene ring substituents is 1. The highest BCUT2D eigenvalue weighted by atomic mass is 35.5. The van der Waals surface area contributed by atoms with E-state index in [1.807, 2.05) is 0 Å². The predicted molar refractivity (Wildman–Crippen MR) is 111 cm³/mol. The Morgan fingerprint density at radius 3 is 2.60 bits per heavy atom. The van der Waals surface area contributed by atoms with Crippen molar-refractivity contribution >= 4 is 49.7 Å². The summed E-state index contributed by atoms with van der Waals surface area (Å²) < 4.78 is 26.2. The van der Waals surface area contributed by atoms with Crippen LogP contribution in [0.4, 0.5) is 10.8 Å². The Morgan fingerprint density at radius 1 is 1.23 bits per heavy atom. The van der Waals surface area contributed by atoms with E-state index in [4.69, 9.17) is 11.6 Å². The molecule has 156 valence electrons. The Morgan fingerprint density at radius 2 is 1.93 bits per heavy atom. The molecule has 1 amide bonds. The van der Waals surface area contributed by atoms with Crippen LogP contribution in [0.2, 0.25) is 5.02 Å². The summed E-state index contributed by atoms with van der Waals surface area (Å²) in [6, 6.07) is 11.8. The van der Waals surface area contributed by atoms with Gasteiger partial charge in [0.05, 0.1) is 4.92 Å². The second kappa shape index (κ2) is 8.83. The number of nitro groups is 1. The fourth-order valence-corrected chi connectivity index (χ4v) is 4.73. The highest BCUT2D eigenvalue weighted by Crippen LogP contribution is 2.24. The molecule has 0 radical (unpaired) electrons. The molecule has 0 bridgehead atoms. The molecule has 0 aliphatic carbocycles. The zero-order valence-electron chi connectivity index (χ0n) is 15.4. The zero-order valence-corrected chi connectivity index (χ0v) is 17.7. The minimum atomic E-state index is -3.94. The maximum Gasteiger partial charge on any atom is 0.272 e. The lowest BCUT2D eigenvalue weighted by atomic mass is 10.2. The van der Waals surface area contributed by atoms with Crippen LogP contribution < -0.4 is 5.32 Å². The number of rotatable bonds is 7. The predicted octanol–water partition coefficient (Wildman–Crippen LogP) is 3.17. The van der Waals surface area contributed by atoms with Gasteiger partial charge in [-0.1, -0.05) is 41.1 Å². The average molecular weight is 468 g/mol. The van der Waals surface area contributed by atoms with Crippen LogP contribution in [0.1, 0.15) is 15.9 Å². The van der Waals surface area contributed by atoms with Crippen LogP contribution in [0.15, 0.2) is 52.9 Å². The third kappa shape index (κ3) is 4.97. The number of hydrogen-bond acceptors (Lipinski definition) is 8. The van der Waals surface area contributed by atoms with Crippen molar-refractivity contribution in [3.8, 4) is 0 Å². The number of hydrogen-bond donors (Lipinski definition) is 1. The van der Waals surface area contributed by atoms with Gasteiger partial charge in [-0.3, -0.25) is 20.2 Å². The summed E-state index contributed by atoms with van der Waals surface area (Å²) in [6.45, 7) is 0.0917. The van der Waals surface area contributed by atoms with E-state index < -0.39 is 20.9 Å². The lowest BCUT2D eigenvalue weighted by Gasteiger charge is -2.14. The number of nitrogens with zero attached hydrogens (tertiary/aromatic N) is 4. The maximum absolute atomic E-state index is 12.7. The van der Waals surface area contributed by atoms with Crippen LogP contribution in [0.3, 0.4) is 0 Å². The summed E-state index contributed by atoms with van der Waals surface area (Å²) in [4.78, 5) is 22.5. The van der Waals surface area contributed by atoms with Crippen molar-refractivity contribution in [2.24, 2.45) is 0 Å². The first-order valence-corrected chi connectivity index (χ1v) is 10.9. The van der Waals surface area contributed by atoms with E-state index in [1.165, 1.54) is 25.2 Å². The second-order valence-corrected chi connectivity index (χ2v) is 9.65. The second-order valence-electron chi connectivity index (χ2n) is 6.02. The molecule has 2 aromatic carbocycles.